The predicted octanol–water partition coefficient (Wildman–Crippen LogP) is 5.28. The van der Waals surface area contributed by atoms with Crippen molar-refractivity contribution >= 4 is 17.4 Å². The van der Waals surface area contributed by atoms with Crippen LogP contribution in [0.25, 0.3) is 5.69 Å². The Balaban J connectivity index is 1.64. The Morgan fingerprint density at radius 1 is 1.06 bits per heavy atom. The van der Waals surface area contributed by atoms with Crippen LogP contribution in [0.1, 0.15) is 38.3 Å². The predicted molar refractivity (Wildman–Crippen MR) is 127 cm³/mol. The number of pyridine rings is 1. The number of nitrogens with one attached hydrogen (secondary N) is 1. The Labute approximate surface area is 203 Å². The quantitative estimate of drug-likeness (QED) is 0.301. The SMILES string of the molecule is Cc1cn(-c2cc(NC(=O)c3ccc(C)c(C#Cc4cnc(N)c(F)c4)c3)cc(C(F)(F)F)c2)cn1. The fourth-order valence-electron chi connectivity index (χ4n) is 3.32. The van der Waals surface area contributed by atoms with E-state index in [1.165, 1.54) is 35.3 Å². The molecule has 1 amide bonds. The van der Waals surface area contributed by atoms with E-state index in [2.05, 4.69) is 27.1 Å². The van der Waals surface area contributed by atoms with Gasteiger partial charge in [-0.1, -0.05) is 17.9 Å². The number of nitrogens with zero attached hydrogens (tertiary/aromatic N) is 3. The number of nitrogen functional groups attached to an aromatic ring is 1. The zero-order valence-corrected chi connectivity index (χ0v) is 19.1. The van der Waals surface area contributed by atoms with E-state index in [0.29, 0.717) is 16.8 Å². The van der Waals surface area contributed by atoms with Crippen molar-refractivity contribution < 1.29 is 22.4 Å². The highest BCUT2D eigenvalue weighted by molar-refractivity contribution is 6.04. The molecule has 0 saturated heterocycles. The van der Waals surface area contributed by atoms with E-state index in [9.17, 15) is 22.4 Å². The van der Waals surface area contributed by atoms with Gasteiger partial charge in [-0.15, -0.1) is 0 Å². The van der Waals surface area contributed by atoms with Crippen molar-refractivity contribution in [3.05, 3.63) is 101 Å². The van der Waals surface area contributed by atoms with Crippen LogP contribution >= 0.6 is 0 Å². The molecular formula is C26H19F4N5O. The lowest BCUT2D eigenvalue weighted by molar-refractivity contribution is -0.137. The Morgan fingerprint density at radius 3 is 2.50 bits per heavy atom. The minimum Gasteiger partial charge on any atom is -0.381 e. The molecule has 10 heteroatoms. The Kier molecular flexibility index (Phi) is 6.49. The lowest BCUT2D eigenvalue weighted by Gasteiger charge is -2.14. The van der Waals surface area contributed by atoms with Gasteiger partial charge in [0.05, 0.1) is 17.6 Å². The van der Waals surface area contributed by atoms with E-state index in [1.54, 1.807) is 26.1 Å². The van der Waals surface area contributed by atoms with Gasteiger partial charge >= 0.3 is 6.18 Å². The fourth-order valence-corrected chi connectivity index (χ4v) is 3.32. The molecule has 6 nitrogen and oxygen atoms in total. The van der Waals surface area contributed by atoms with Gasteiger partial charge in [0.25, 0.3) is 5.91 Å². The van der Waals surface area contributed by atoms with Crippen molar-refractivity contribution in [2.75, 3.05) is 11.1 Å². The van der Waals surface area contributed by atoms with Crippen LogP contribution in [0.5, 0.6) is 0 Å². The number of aromatic nitrogens is 3. The second-order valence-corrected chi connectivity index (χ2v) is 8.01. The number of nitrogens with two attached hydrogens (primary N) is 1. The molecule has 0 radical (unpaired) electrons. The van der Waals surface area contributed by atoms with Gasteiger partial charge in [0, 0.05) is 40.5 Å². The van der Waals surface area contributed by atoms with Gasteiger partial charge < -0.3 is 15.6 Å². The number of benzene rings is 2. The number of hydrogen-bond donors (Lipinski definition) is 2. The number of halogens is 4. The summed E-state index contributed by atoms with van der Waals surface area (Å²) < 4.78 is 55.6. The number of anilines is 2. The third-order valence-corrected chi connectivity index (χ3v) is 5.22. The van der Waals surface area contributed by atoms with Crippen molar-refractivity contribution in [1.82, 2.24) is 14.5 Å². The van der Waals surface area contributed by atoms with Crippen molar-refractivity contribution in [3.63, 3.8) is 0 Å². The third-order valence-electron chi connectivity index (χ3n) is 5.22. The summed E-state index contributed by atoms with van der Waals surface area (Å²) >= 11 is 0. The Hall–Kier alpha value is -4.65. The first-order valence-corrected chi connectivity index (χ1v) is 10.6. The molecule has 0 unspecified atom stereocenters. The average molecular weight is 493 g/mol. The summed E-state index contributed by atoms with van der Waals surface area (Å²) in [5.41, 5.74) is 6.95. The number of carbonyl (C=O) groups is 1. The lowest BCUT2D eigenvalue weighted by Crippen LogP contribution is -2.14. The second-order valence-electron chi connectivity index (χ2n) is 8.01. The minimum absolute atomic E-state index is 0.0344. The molecule has 36 heavy (non-hydrogen) atoms. The molecule has 0 aliphatic rings. The number of aryl methyl sites for hydroxylation is 2. The van der Waals surface area contributed by atoms with E-state index in [-0.39, 0.29) is 22.8 Å². The van der Waals surface area contributed by atoms with E-state index in [0.717, 1.165) is 23.8 Å². The van der Waals surface area contributed by atoms with Crippen molar-refractivity contribution in [3.8, 4) is 17.5 Å². The summed E-state index contributed by atoms with van der Waals surface area (Å²) in [6, 6.07) is 9.11. The van der Waals surface area contributed by atoms with Gasteiger partial charge in [-0.25, -0.2) is 14.4 Å². The van der Waals surface area contributed by atoms with Crippen LogP contribution < -0.4 is 11.1 Å². The number of rotatable bonds is 3. The van der Waals surface area contributed by atoms with Crippen LogP contribution in [0.15, 0.2) is 61.2 Å². The zero-order valence-electron chi connectivity index (χ0n) is 19.1. The van der Waals surface area contributed by atoms with Crippen LogP contribution in [0, 0.1) is 31.5 Å². The smallest absolute Gasteiger partial charge is 0.381 e. The van der Waals surface area contributed by atoms with Crippen molar-refractivity contribution in [1.29, 1.82) is 0 Å². The molecule has 0 bridgehead atoms. The molecule has 2 heterocycles. The maximum absolute atomic E-state index is 13.6. The van der Waals surface area contributed by atoms with E-state index >= 15 is 0 Å². The summed E-state index contributed by atoms with van der Waals surface area (Å²) in [4.78, 5) is 20.7. The molecule has 3 N–H and O–H groups in total. The van der Waals surface area contributed by atoms with Crippen LogP contribution in [0.4, 0.5) is 29.1 Å². The third kappa shape index (κ3) is 5.52. The first kappa shape index (κ1) is 24.5. The summed E-state index contributed by atoms with van der Waals surface area (Å²) in [5, 5.41) is 2.53. The highest BCUT2D eigenvalue weighted by Crippen LogP contribution is 2.33. The van der Waals surface area contributed by atoms with E-state index < -0.39 is 23.5 Å². The number of amides is 1. The lowest BCUT2D eigenvalue weighted by atomic mass is 10.0. The second kappa shape index (κ2) is 9.54. The highest BCUT2D eigenvalue weighted by Gasteiger charge is 2.31. The van der Waals surface area contributed by atoms with Gasteiger partial charge in [-0.3, -0.25) is 4.79 Å². The molecular weight excluding hydrogens is 474 g/mol. The first-order valence-electron chi connectivity index (χ1n) is 10.6. The first-order chi connectivity index (χ1) is 17.0. The summed E-state index contributed by atoms with van der Waals surface area (Å²) in [5.74, 6) is 4.07. The molecule has 0 atom stereocenters. The van der Waals surface area contributed by atoms with Gasteiger partial charge in [-0.05, 0) is 55.8 Å². The molecule has 0 fully saturated rings. The monoisotopic (exact) mass is 493 g/mol. The maximum Gasteiger partial charge on any atom is 0.416 e. The van der Waals surface area contributed by atoms with Crippen LogP contribution in [0.3, 0.4) is 0 Å². The molecule has 4 rings (SSSR count). The largest absolute Gasteiger partial charge is 0.416 e. The molecule has 0 aliphatic heterocycles. The molecule has 0 saturated carbocycles. The minimum atomic E-state index is -4.62. The fraction of sp³-hybridized carbons (Fsp3) is 0.115. The van der Waals surface area contributed by atoms with E-state index in [1.807, 2.05) is 0 Å². The van der Waals surface area contributed by atoms with Crippen LogP contribution in [-0.4, -0.2) is 20.4 Å². The topological polar surface area (TPSA) is 85.8 Å². The van der Waals surface area contributed by atoms with Crippen LogP contribution in [-0.2, 0) is 6.18 Å². The summed E-state index contributed by atoms with van der Waals surface area (Å²) in [7, 11) is 0. The standard InChI is InChI=1S/C26H19F4N5O/c1-15-3-5-19(8-18(15)6-4-17-7-23(27)24(31)32-12-17)25(36)34-21-9-20(26(28,29)30)10-22(11-21)35-13-16(2)33-14-35/h3,5,7-14H,1-2H3,(H2,31,32)(H,34,36). The Morgan fingerprint density at radius 2 is 1.83 bits per heavy atom. The molecule has 0 aliphatic carbocycles. The number of hydrogen-bond acceptors (Lipinski definition) is 4. The Bertz CT molecular complexity index is 1530. The summed E-state index contributed by atoms with van der Waals surface area (Å²) in [6.07, 6.45) is -0.323. The normalized spacial score (nSPS) is 11.1. The number of alkyl halides is 3. The van der Waals surface area contributed by atoms with Gasteiger partial charge in [-0.2, -0.15) is 13.2 Å². The molecule has 0 spiro atoms. The highest BCUT2D eigenvalue weighted by atomic mass is 19.4. The average Bonchev–Trinajstić information content (AvgIpc) is 3.26. The molecule has 2 aromatic carbocycles. The van der Waals surface area contributed by atoms with Crippen LogP contribution in [0.2, 0.25) is 0 Å². The van der Waals surface area contributed by atoms with Gasteiger partial charge in [0.15, 0.2) is 11.6 Å². The molecule has 4 aromatic rings. The zero-order chi connectivity index (χ0) is 26.0. The number of imidazole rings is 1. The number of carbonyl (C=O) groups excluding carboxylic acids is 1. The summed E-state index contributed by atoms with van der Waals surface area (Å²) in [6.45, 7) is 3.49. The maximum atomic E-state index is 13.6. The molecule has 2 aromatic heterocycles. The van der Waals surface area contributed by atoms with Crippen molar-refractivity contribution in [2.45, 2.75) is 20.0 Å². The van der Waals surface area contributed by atoms with Gasteiger partial charge in [0.2, 0.25) is 0 Å². The molecule has 182 valence electrons. The van der Waals surface area contributed by atoms with Crippen molar-refractivity contribution in [2.24, 2.45) is 0 Å². The van der Waals surface area contributed by atoms with Gasteiger partial charge in [0.1, 0.15) is 0 Å². The van der Waals surface area contributed by atoms with E-state index in [4.69, 9.17) is 5.73 Å².